The minimum atomic E-state index is -0.679. The first-order valence-corrected chi connectivity index (χ1v) is 7.75. The van der Waals surface area contributed by atoms with Crippen LogP contribution in [0.15, 0.2) is 28.7 Å². The highest BCUT2D eigenvalue weighted by atomic mass is 79.9. The van der Waals surface area contributed by atoms with E-state index >= 15 is 0 Å². The minimum absolute atomic E-state index is 0.0545. The minimum Gasteiger partial charge on any atom is -0.459 e. The number of Topliss-reactive ketones (excluding diaryl/α,β-unsaturated/α-hetero) is 1. The van der Waals surface area contributed by atoms with Crippen molar-refractivity contribution in [3.05, 3.63) is 34.3 Å². The van der Waals surface area contributed by atoms with E-state index in [1.54, 1.807) is 32.9 Å². The quantitative estimate of drug-likeness (QED) is 0.626. The van der Waals surface area contributed by atoms with Gasteiger partial charge in [0.1, 0.15) is 11.6 Å². The van der Waals surface area contributed by atoms with Gasteiger partial charge in [-0.25, -0.2) is 0 Å². The average molecular weight is 356 g/mol. The van der Waals surface area contributed by atoms with Crippen molar-refractivity contribution in [2.75, 3.05) is 0 Å². The Balaban J connectivity index is 2.37. The van der Waals surface area contributed by atoms with E-state index in [9.17, 15) is 9.59 Å². The molecule has 1 aromatic rings. The molecule has 4 nitrogen and oxygen atoms in total. The number of esters is 1. The van der Waals surface area contributed by atoms with Gasteiger partial charge in [0, 0.05) is 16.5 Å². The Kier molecular flexibility index (Phi) is 6.55. The van der Waals surface area contributed by atoms with E-state index < -0.39 is 17.6 Å². The van der Waals surface area contributed by atoms with Crippen molar-refractivity contribution >= 4 is 27.7 Å². The molecular weight excluding hydrogens is 334 g/mol. The fraction of sp³-hybridized carbons (Fsp3) is 0.500. The van der Waals surface area contributed by atoms with Gasteiger partial charge in [0.2, 0.25) is 0 Å². The number of hydrogen-bond acceptors (Lipinski definition) is 4. The Morgan fingerprint density at radius 2 is 1.81 bits per heavy atom. The second-order valence-electron chi connectivity index (χ2n) is 5.96. The molecule has 0 aromatic heterocycles. The van der Waals surface area contributed by atoms with E-state index in [4.69, 9.17) is 10.5 Å². The molecule has 1 rings (SSSR count). The maximum absolute atomic E-state index is 12.0. The molecule has 21 heavy (non-hydrogen) atoms. The number of hydrogen-bond donors (Lipinski definition) is 1. The summed E-state index contributed by atoms with van der Waals surface area (Å²) in [5.74, 6) is -0.363. The summed E-state index contributed by atoms with van der Waals surface area (Å²) in [6, 6.07) is 6.54. The molecule has 0 bridgehead atoms. The van der Waals surface area contributed by atoms with Crippen LogP contribution in [0.4, 0.5) is 0 Å². The van der Waals surface area contributed by atoms with Gasteiger partial charge < -0.3 is 10.5 Å². The zero-order valence-electron chi connectivity index (χ0n) is 12.7. The Labute approximate surface area is 134 Å². The molecule has 0 radical (unpaired) electrons. The smallest absolute Gasteiger partial charge is 0.323 e. The molecule has 0 fully saturated rings. The van der Waals surface area contributed by atoms with Crippen molar-refractivity contribution < 1.29 is 14.3 Å². The van der Waals surface area contributed by atoms with Crippen LogP contribution in [0.3, 0.4) is 0 Å². The molecule has 116 valence electrons. The summed E-state index contributed by atoms with van der Waals surface area (Å²) in [4.78, 5) is 23.7. The normalized spacial score (nSPS) is 12.8. The zero-order chi connectivity index (χ0) is 16.0. The topological polar surface area (TPSA) is 69.4 Å². The van der Waals surface area contributed by atoms with Crippen molar-refractivity contribution in [1.29, 1.82) is 0 Å². The molecule has 5 heteroatoms. The molecule has 2 N–H and O–H groups in total. The second kappa shape index (κ2) is 7.71. The van der Waals surface area contributed by atoms with Crippen LogP contribution < -0.4 is 5.73 Å². The number of carbonyl (C=O) groups is 2. The lowest BCUT2D eigenvalue weighted by Gasteiger charge is -2.22. The summed E-state index contributed by atoms with van der Waals surface area (Å²) in [5.41, 5.74) is 5.91. The molecule has 1 unspecified atom stereocenters. The van der Waals surface area contributed by atoms with Crippen LogP contribution in [0.2, 0.25) is 0 Å². The second-order valence-corrected chi connectivity index (χ2v) is 6.88. The van der Waals surface area contributed by atoms with Gasteiger partial charge in [-0.1, -0.05) is 28.1 Å². The van der Waals surface area contributed by atoms with E-state index in [-0.39, 0.29) is 5.78 Å². The van der Waals surface area contributed by atoms with Crippen LogP contribution in [0.5, 0.6) is 0 Å². The van der Waals surface area contributed by atoms with Gasteiger partial charge in [-0.3, -0.25) is 9.59 Å². The van der Waals surface area contributed by atoms with Crippen molar-refractivity contribution in [2.45, 2.75) is 51.7 Å². The SMILES string of the molecule is CC(C)(C)OC(=O)C(N)CCCC(=O)c1ccc(Br)cc1. The maximum atomic E-state index is 12.0. The first-order chi connectivity index (χ1) is 9.69. The average Bonchev–Trinajstić information content (AvgIpc) is 2.37. The summed E-state index contributed by atoms with van der Waals surface area (Å²) in [5, 5.41) is 0. The van der Waals surface area contributed by atoms with Crippen LogP contribution in [0, 0.1) is 0 Å². The largest absolute Gasteiger partial charge is 0.459 e. The molecule has 1 atom stereocenters. The molecule has 0 saturated heterocycles. The standard InChI is InChI=1S/C16H22BrNO3/c1-16(2,3)21-15(20)13(18)5-4-6-14(19)11-7-9-12(17)10-8-11/h7-10,13H,4-6,18H2,1-3H3. The van der Waals surface area contributed by atoms with Gasteiger partial charge in [0.15, 0.2) is 5.78 Å². The monoisotopic (exact) mass is 355 g/mol. The Morgan fingerprint density at radius 3 is 2.33 bits per heavy atom. The third kappa shape index (κ3) is 6.87. The molecular formula is C16H22BrNO3. The number of benzene rings is 1. The number of halogens is 1. The highest BCUT2D eigenvalue weighted by Crippen LogP contribution is 2.14. The maximum Gasteiger partial charge on any atom is 0.323 e. The molecule has 0 spiro atoms. The predicted molar refractivity (Wildman–Crippen MR) is 86.1 cm³/mol. The highest BCUT2D eigenvalue weighted by Gasteiger charge is 2.22. The highest BCUT2D eigenvalue weighted by molar-refractivity contribution is 9.10. The van der Waals surface area contributed by atoms with Crippen molar-refractivity contribution in [1.82, 2.24) is 0 Å². The lowest BCUT2D eigenvalue weighted by molar-refractivity contribution is -0.156. The molecule has 0 saturated carbocycles. The number of rotatable bonds is 6. The van der Waals surface area contributed by atoms with Gasteiger partial charge in [-0.15, -0.1) is 0 Å². The van der Waals surface area contributed by atoms with E-state index in [1.807, 2.05) is 12.1 Å². The fourth-order valence-electron chi connectivity index (χ4n) is 1.76. The number of ketones is 1. The van der Waals surface area contributed by atoms with Gasteiger partial charge in [-0.05, 0) is 45.7 Å². The van der Waals surface area contributed by atoms with Gasteiger partial charge in [-0.2, -0.15) is 0 Å². The van der Waals surface area contributed by atoms with E-state index in [0.29, 0.717) is 24.8 Å². The Morgan fingerprint density at radius 1 is 1.24 bits per heavy atom. The van der Waals surface area contributed by atoms with Crippen LogP contribution in [0.25, 0.3) is 0 Å². The first-order valence-electron chi connectivity index (χ1n) is 6.96. The first kappa shape index (κ1) is 17.9. The Bertz CT molecular complexity index is 491. The van der Waals surface area contributed by atoms with E-state index in [2.05, 4.69) is 15.9 Å². The fourth-order valence-corrected chi connectivity index (χ4v) is 2.02. The number of ether oxygens (including phenoxy) is 1. The predicted octanol–water partition coefficient (Wildman–Crippen LogP) is 3.47. The lowest BCUT2D eigenvalue weighted by atomic mass is 10.0. The Hall–Kier alpha value is -1.20. The zero-order valence-corrected chi connectivity index (χ0v) is 14.3. The third-order valence-electron chi connectivity index (χ3n) is 2.79. The summed E-state index contributed by atoms with van der Waals surface area (Å²) >= 11 is 3.33. The number of carbonyl (C=O) groups excluding carboxylic acids is 2. The third-order valence-corrected chi connectivity index (χ3v) is 3.32. The van der Waals surface area contributed by atoms with Crippen molar-refractivity contribution in [3.8, 4) is 0 Å². The molecule has 0 amide bonds. The molecule has 1 aromatic carbocycles. The van der Waals surface area contributed by atoms with E-state index in [0.717, 1.165) is 4.47 Å². The molecule has 0 aliphatic carbocycles. The number of nitrogens with two attached hydrogens (primary N) is 1. The van der Waals surface area contributed by atoms with Gasteiger partial charge in [0.25, 0.3) is 0 Å². The van der Waals surface area contributed by atoms with Crippen LogP contribution in [-0.4, -0.2) is 23.4 Å². The lowest BCUT2D eigenvalue weighted by Crippen LogP contribution is -2.37. The van der Waals surface area contributed by atoms with Gasteiger partial charge in [0.05, 0.1) is 0 Å². The van der Waals surface area contributed by atoms with Crippen LogP contribution in [0.1, 0.15) is 50.4 Å². The van der Waals surface area contributed by atoms with Crippen LogP contribution in [-0.2, 0) is 9.53 Å². The van der Waals surface area contributed by atoms with Crippen molar-refractivity contribution in [3.63, 3.8) is 0 Å². The molecule has 0 heterocycles. The van der Waals surface area contributed by atoms with Gasteiger partial charge >= 0.3 is 5.97 Å². The summed E-state index contributed by atoms with van der Waals surface area (Å²) in [7, 11) is 0. The molecule has 0 aliphatic rings. The summed E-state index contributed by atoms with van der Waals surface area (Å²) in [6.07, 6.45) is 1.38. The summed E-state index contributed by atoms with van der Waals surface area (Å²) in [6.45, 7) is 5.40. The van der Waals surface area contributed by atoms with Crippen LogP contribution >= 0.6 is 15.9 Å². The van der Waals surface area contributed by atoms with E-state index in [1.165, 1.54) is 0 Å². The molecule has 0 aliphatic heterocycles. The van der Waals surface area contributed by atoms with Crippen molar-refractivity contribution in [2.24, 2.45) is 5.73 Å². The summed E-state index contributed by atoms with van der Waals surface area (Å²) < 4.78 is 6.14.